The molecule has 0 spiro atoms. The van der Waals surface area contributed by atoms with Gasteiger partial charge in [0.1, 0.15) is 9.77 Å². The Bertz CT molecular complexity index is 718. The number of nitrogens with zero attached hydrogens (tertiary/aromatic N) is 2. The fourth-order valence-corrected chi connectivity index (χ4v) is 3.35. The van der Waals surface area contributed by atoms with Gasteiger partial charge in [0.2, 0.25) is 0 Å². The van der Waals surface area contributed by atoms with Crippen LogP contribution in [0.3, 0.4) is 0 Å². The van der Waals surface area contributed by atoms with Crippen molar-refractivity contribution in [2.45, 2.75) is 18.4 Å². The van der Waals surface area contributed by atoms with Crippen LogP contribution in [0.5, 0.6) is 0 Å². The third kappa shape index (κ3) is 2.83. The van der Waals surface area contributed by atoms with Crippen LogP contribution in [0.4, 0.5) is 5.69 Å². The van der Waals surface area contributed by atoms with Crippen LogP contribution in [0.15, 0.2) is 28.7 Å². The number of hydrogen-bond donors (Lipinski definition) is 1. The Labute approximate surface area is 120 Å². The van der Waals surface area contributed by atoms with Crippen LogP contribution in [-0.4, -0.2) is 31.3 Å². The van der Waals surface area contributed by atoms with Crippen LogP contribution >= 0.6 is 11.3 Å². The zero-order valence-corrected chi connectivity index (χ0v) is 12.5. The molecule has 1 N–H and O–H groups in total. The standard InChI is InChI=1S/C11H13N3O4S2/c1-3-14-7-8(6-12-14)20(16,17)13-9-4-5-19-10(9)11(15)18-2/h4-7,13H,3H2,1-2H3. The minimum absolute atomic E-state index is 0.0429. The van der Waals surface area contributed by atoms with E-state index in [2.05, 4.69) is 14.6 Å². The average Bonchev–Trinajstić information content (AvgIpc) is 3.06. The lowest BCUT2D eigenvalue weighted by Gasteiger charge is -2.06. The number of sulfonamides is 1. The van der Waals surface area contributed by atoms with Gasteiger partial charge in [0, 0.05) is 12.7 Å². The summed E-state index contributed by atoms with van der Waals surface area (Å²) in [4.78, 5) is 11.8. The molecule has 0 aliphatic carbocycles. The molecule has 0 fully saturated rings. The Morgan fingerprint density at radius 2 is 2.30 bits per heavy atom. The van der Waals surface area contributed by atoms with Gasteiger partial charge in [-0.15, -0.1) is 11.3 Å². The molecule has 0 aliphatic heterocycles. The highest BCUT2D eigenvalue weighted by Crippen LogP contribution is 2.25. The summed E-state index contributed by atoms with van der Waals surface area (Å²) in [5, 5.41) is 5.52. The normalized spacial score (nSPS) is 11.3. The van der Waals surface area contributed by atoms with Gasteiger partial charge in [-0.25, -0.2) is 13.2 Å². The summed E-state index contributed by atoms with van der Waals surface area (Å²) in [7, 11) is -2.53. The maximum absolute atomic E-state index is 12.2. The van der Waals surface area contributed by atoms with Gasteiger partial charge in [0.05, 0.1) is 19.0 Å². The number of carbonyl (C=O) groups is 1. The number of anilines is 1. The van der Waals surface area contributed by atoms with E-state index in [4.69, 9.17) is 0 Å². The first-order chi connectivity index (χ1) is 9.47. The summed E-state index contributed by atoms with van der Waals surface area (Å²) in [6.45, 7) is 2.42. The lowest BCUT2D eigenvalue weighted by Crippen LogP contribution is -2.14. The molecule has 0 amide bonds. The van der Waals surface area contributed by atoms with Crippen LogP contribution in [0.2, 0.25) is 0 Å². The Kier molecular flexibility index (Phi) is 4.09. The van der Waals surface area contributed by atoms with Gasteiger partial charge in [-0.05, 0) is 18.4 Å². The van der Waals surface area contributed by atoms with Gasteiger partial charge in [-0.3, -0.25) is 9.40 Å². The third-order valence-corrected chi connectivity index (χ3v) is 4.74. The molecular formula is C11H13N3O4S2. The first kappa shape index (κ1) is 14.5. The topological polar surface area (TPSA) is 90.3 Å². The maximum atomic E-state index is 12.2. The highest BCUT2D eigenvalue weighted by Gasteiger charge is 2.21. The van der Waals surface area contributed by atoms with Crippen molar-refractivity contribution in [2.75, 3.05) is 11.8 Å². The number of methoxy groups -OCH3 is 1. The number of carbonyl (C=O) groups excluding carboxylic acids is 1. The molecule has 0 aromatic carbocycles. The fourth-order valence-electron chi connectivity index (χ4n) is 1.50. The molecule has 2 aromatic heterocycles. The van der Waals surface area contributed by atoms with E-state index in [0.717, 1.165) is 11.3 Å². The molecule has 7 nitrogen and oxygen atoms in total. The quantitative estimate of drug-likeness (QED) is 0.845. The molecule has 0 radical (unpaired) electrons. The smallest absolute Gasteiger partial charge is 0.350 e. The largest absolute Gasteiger partial charge is 0.465 e. The van der Waals surface area contributed by atoms with Crippen molar-refractivity contribution in [3.05, 3.63) is 28.7 Å². The molecule has 0 atom stereocenters. The van der Waals surface area contributed by atoms with Gasteiger partial charge in [-0.2, -0.15) is 5.10 Å². The van der Waals surface area contributed by atoms with Crippen molar-refractivity contribution in [1.29, 1.82) is 0 Å². The van der Waals surface area contributed by atoms with Crippen LogP contribution in [-0.2, 0) is 21.3 Å². The number of esters is 1. The Morgan fingerprint density at radius 3 is 2.90 bits per heavy atom. The van der Waals surface area contributed by atoms with Crippen LogP contribution in [0.1, 0.15) is 16.6 Å². The second-order valence-electron chi connectivity index (χ2n) is 3.79. The highest BCUT2D eigenvalue weighted by atomic mass is 32.2. The Morgan fingerprint density at radius 1 is 1.55 bits per heavy atom. The summed E-state index contributed by atoms with van der Waals surface area (Å²) < 4.78 is 32.8. The lowest BCUT2D eigenvalue weighted by molar-refractivity contribution is 0.0607. The minimum Gasteiger partial charge on any atom is -0.465 e. The van der Waals surface area contributed by atoms with Crippen LogP contribution in [0, 0.1) is 0 Å². The van der Waals surface area contributed by atoms with Crippen molar-refractivity contribution in [3.8, 4) is 0 Å². The van der Waals surface area contributed by atoms with Crippen molar-refractivity contribution in [3.63, 3.8) is 0 Å². The first-order valence-electron chi connectivity index (χ1n) is 5.69. The highest BCUT2D eigenvalue weighted by molar-refractivity contribution is 7.92. The molecule has 2 rings (SSSR count). The second-order valence-corrected chi connectivity index (χ2v) is 6.39. The molecule has 0 bridgehead atoms. The molecular weight excluding hydrogens is 302 g/mol. The molecule has 0 saturated carbocycles. The molecule has 2 aromatic rings. The van der Waals surface area contributed by atoms with E-state index < -0.39 is 16.0 Å². The van der Waals surface area contributed by atoms with Crippen LogP contribution < -0.4 is 4.72 Å². The van der Waals surface area contributed by atoms with E-state index in [1.165, 1.54) is 30.3 Å². The molecule has 9 heteroatoms. The number of nitrogens with one attached hydrogen (secondary N) is 1. The zero-order valence-electron chi connectivity index (χ0n) is 10.9. The fraction of sp³-hybridized carbons (Fsp3) is 0.273. The average molecular weight is 315 g/mol. The molecule has 20 heavy (non-hydrogen) atoms. The number of ether oxygens (including phenoxy) is 1. The van der Waals surface area contributed by atoms with E-state index >= 15 is 0 Å². The van der Waals surface area contributed by atoms with E-state index in [0.29, 0.717) is 6.54 Å². The number of aromatic nitrogens is 2. The zero-order chi connectivity index (χ0) is 14.8. The molecule has 108 valence electrons. The van der Waals surface area contributed by atoms with Crippen molar-refractivity contribution >= 4 is 33.0 Å². The van der Waals surface area contributed by atoms with Crippen LogP contribution in [0.25, 0.3) is 0 Å². The van der Waals surface area contributed by atoms with Crippen molar-refractivity contribution in [2.24, 2.45) is 0 Å². The predicted octanol–water partition coefficient (Wildman–Crippen LogP) is 1.55. The van der Waals surface area contributed by atoms with Gasteiger partial charge in [0.25, 0.3) is 10.0 Å². The second kappa shape index (κ2) is 5.63. The van der Waals surface area contributed by atoms with E-state index in [9.17, 15) is 13.2 Å². The van der Waals surface area contributed by atoms with Gasteiger partial charge in [-0.1, -0.05) is 0 Å². The monoisotopic (exact) mass is 315 g/mol. The van der Waals surface area contributed by atoms with Crippen molar-refractivity contribution in [1.82, 2.24) is 9.78 Å². The SMILES string of the molecule is CCn1cc(S(=O)(=O)Nc2ccsc2C(=O)OC)cn1. The molecule has 0 saturated heterocycles. The number of thiophene rings is 1. The predicted molar refractivity (Wildman–Crippen MR) is 74.4 cm³/mol. The molecule has 2 heterocycles. The summed E-state index contributed by atoms with van der Waals surface area (Å²) >= 11 is 1.11. The van der Waals surface area contributed by atoms with Gasteiger partial charge in [0.15, 0.2) is 0 Å². The van der Waals surface area contributed by atoms with Gasteiger partial charge >= 0.3 is 5.97 Å². The van der Waals surface area contributed by atoms with E-state index in [1.807, 2.05) is 6.92 Å². The van der Waals surface area contributed by atoms with Gasteiger partial charge < -0.3 is 4.74 Å². The Balaban J connectivity index is 2.29. The lowest BCUT2D eigenvalue weighted by atomic mass is 10.4. The summed E-state index contributed by atoms with van der Waals surface area (Å²) in [5.74, 6) is -0.582. The summed E-state index contributed by atoms with van der Waals surface area (Å²) in [6.07, 6.45) is 2.68. The number of hydrogen-bond acceptors (Lipinski definition) is 6. The van der Waals surface area contributed by atoms with E-state index in [-0.39, 0.29) is 15.5 Å². The Hall–Kier alpha value is -1.87. The summed E-state index contributed by atoms with van der Waals surface area (Å²) in [6, 6.07) is 1.51. The maximum Gasteiger partial charge on any atom is 0.350 e. The molecule has 0 unspecified atom stereocenters. The number of aryl methyl sites for hydroxylation is 1. The molecule has 0 aliphatic rings. The third-order valence-electron chi connectivity index (χ3n) is 2.52. The van der Waals surface area contributed by atoms with E-state index in [1.54, 1.807) is 5.38 Å². The summed E-state index contributed by atoms with van der Waals surface area (Å²) in [5.41, 5.74) is 0.200. The number of rotatable bonds is 5. The van der Waals surface area contributed by atoms with Crippen molar-refractivity contribution < 1.29 is 17.9 Å². The first-order valence-corrected chi connectivity index (χ1v) is 8.05. The minimum atomic E-state index is -3.77.